The predicted octanol–water partition coefficient (Wildman–Crippen LogP) is 2.36. The summed E-state index contributed by atoms with van der Waals surface area (Å²) in [4.78, 5) is 13.9. The maximum atomic E-state index is 13.1. The number of carbonyl (C=O) groups is 1. The summed E-state index contributed by atoms with van der Waals surface area (Å²) in [6, 6.07) is 4.62. The van der Waals surface area contributed by atoms with Gasteiger partial charge in [-0.05, 0) is 47.0 Å². The third-order valence-corrected chi connectivity index (χ3v) is 4.21. The van der Waals surface area contributed by atoms with Crippen LogP contribution in [0.4, 0.5) is 4.39 Å². The normalized spacial score (nSPS) is 20.6. The van der Waals surface area contributed by atoms with Crippen molar-refractivity contribution in [2.75, 3.05) is 13.1 Å². The van der Waals surface area contributed by atoms with Crippen molar-refractivity contribution in [3.05, 3.63) is 34.1 Å². The lowest BCUT2D eigenvalue weighted by atomic mass is 10.0. The summed E-state index contributed by atoms with van der Waals surface area (Å²) in [5, 5.41) is 9.52. The van der Waals surface area contributed by atoms with Gasteiger partial charge in [-0.1, -0.05) is 6.07 Å². The first-order valence-corrected chi connectivity index (χ1v) is 7.16. The second kappa shape index (κ2) is 6.01. The molecule has 1 heterocycles. The molecule has 19 heavy (non-hydrogen) atoms. The van der Waals surface area contributed by atoms with Gasteiger partial charge in [-0.25, -0.2) is 4.39 Å². The SMILES string of the molecule is CC(O)C1CCN(C(=O)Cc2ccc(F)c(Br)c2)C1. The Kier molecular flexibility index (Phi) is 4.58. The quantitative estimate of drug-likeness (QED) is 0.924. The maximum Gasteiger partial charge on any atom is 0.227 e. The predicted molar refractivity (Wildman–Crippen MR) is 74.2 cm³/mol. The molecule has 5 heteroatoms. The number of aliphatic hydroxyl groups is 1. The number of nitrogens with zero attached hydrogens (tertiary/aromatic N) is 1. The molecule has 2 rings (SSSR count). The molecule has 3 nitrogen and oxygen atoms in total. The number of hydrogen-bond donors (Lipinski definition) is 1. The van der Waals surface area contributed by atoms with Crippen LogP contribution < -0.4 is 0 Å². The monoisotopic (exact) mass is 329 g/mol. The number of hydrogen-bond acceptors (Lipinski definition) is 2. The first-order chi connectivity index (χ1) is 8.97. The van der Waals surface area contributed by atoms with Gasteiger partial charge in [0.05, 0.1) is 17.0 Å². The molecule has 0 spiro atoms. The van der Waals surface area contributed by atoms with Crippen molar-refractivity contribution in [3.8, 4) is 0 Å². The van der Waals surface area contributed by atoms with Gasteiger partial charge in [-0.2, -0.15) is 0 Å². The van der Waals surface area contributed by atoms with Crippen LogP contribution >= 0.6 is 15.9 Å². The smallest absolute Gasteiger partial charge is 0.227 e. The van der Waals surface area contributed by atoms with Crippen molar-refractivity contribution in [1.29, 1.82) is 0 Å². The van der Waals surface area contributed by atoms with Crippen LogP contribution in [0.2, 0.25) is 0 Å². The Balaban J connectivity index is 1.96. The summed E-state index contributed by atoms with van der Waals surface area (Å²) in [7, 11) is 0. The van der Waals surface area contributed by atoms with Gasteiger partial charge in [0.25, 0.3) is 0 Å². The molecule has 1 aromatic carbocycles. The highest BCUT2D eigenvalue weighted by molar-refractivity contribution is 9.10. The zero-order valence-electron chi connectivity index (χ0n) is 10.8. The number of halogens is 2. The Hall–Kier alpha value is -0.940. The minimum atomic E-state index is -0.377. The maximum absolute atomic E-state index is 13.1. The third-order valence-electron chi connectivity index (χ3n) is 3.60. The molecule has 0 radical (unpaired) electrons. The molecule has 104 valence electrons. The Morgan fingerprint density at radius 3 is 2.95 bits per heavy atom. The average Bonchev–Trinajstić information content (AvgIpc) is 2.83. The highest BCUT2D eigenvalue weighted by atomic mass is 79.9. The molecule has 1 N–H and O–H groups in total. The molecule has 1 amide bonds. The molecule has 0 saturated carbocycles. The molecule has 2 atom stereocenters. The van der Waals surface area contributed by atoms with Crippen molar-refractivity contribution in [3.63, 3.8) is 0 Å². The van der Waals surface area contributed by atoms with Gasteiger partial charge in [0.1, 0.15) is 5.82 Å². The van der Waals surface area contributed by atoms with Crippen molar-refractivity contribution >= 4 is 21.8 Å². The van der Waals surface area contributed by atoms with E-state index < -0.39 is 0 Å². The van der Waals surface area contributed by atoms with Gasteiger partial charge in [0.2, 0.25) is 5.91 Å². The molecule has 1 fully saturated rings. The van der Waals surface area contributed by atoms with E-state index in [4.69, 9.17) is 0 Å². The number of amides is 1. The lowest BCUT2D eigenvalue weighted by molar-refractivity contribution is -0.129. The lowest BCUT2D eigenvalue weighted by Crippen LogP contribution is -2.31. The summed E-state index contributed by atoms with van der Waals surface area (Å²) in [6.45, 7) is 3.06. The van der Waals surface area contributed by atoms with Crippen molar-refractivity contribution in [2.45, 2.75) is 25.9 Å². The van der Waals surface area contributed by atoms with E-state index in [9.17, 15) is 14.3 Å². The van der Waals surface area contributed by atoms with Crippen LogP contribution in [0, 0.1) is 11.7 Å². The van der Waals surface area contributed by atoms with Gasteiger partial charge in [0.15, 0.2) is 0 Å². The average molecular weight is 330 g/mol. The molecular formula is C14H17BrFNO2. The number of rotatable bonds is 3. The fourth-order valence-electron chi connectivity index (χ4n) is 2.34. The summed E-state index contributed by atoms with van der Waals surface area (Å²) in [6.07, 6.45) is 0.736. The second-order valence-electron chi connectivity index (χ2n) is 5.05. The summed E-state index contributed by atoms with van der Waals surface area (Å²) < 4.78 is 13.5. The first kappa shape index (κ1) is 14.5. The number of aliphatic hydroxyl groups excluding tert-OH is 1. The van der Waals surface area contributed by atoms with Gasteiger partial charge in [-0.3, -0.25) is 4.79 Å². The van der Waals surface area contributed by atoms with Crippen LogP contribution in [0.3, 0.4) is 0 Å². The van der Waals surface area contributed by atoms with Crippen LogP contribution in [0.25, 0.3) is 0 Å². The Morgan fingerprint density at radius 2 is 2.37 bits per heavy atom. The number of benzene rings is 1. The molecule has 2 unspecified atom stereocenters. The third kappa shape index (κ3) is 3.54. The first-order valence-electron chi connectivity index (χ1n) is 6.37. The lowest BCUT2D eigenvalue weighted by Gasteiger charge is -2.17. The van der Waals surface area contributed by atoms with E-state index in [2.05, 4.69) is 15.9 Å². The fraction of sp³-hybridized carbons (Fsp3) is 0.500. The number of carbonyl (C=O) groups excluding carboxylic acids is 1. The summed E-state index contributed by atoms with van der Waals surface area (Å²) >= 11 is 3.12. The van der Waals surface area contributed by atoms with Crippen LogP contribution in [0.1, 0.15) is 18.9 Å². The summed E-state index contributed by atoms with van der Waals surface area (Å²) in [5.41, 5.74) is 0.791. The van der Waals surface area contributed by atoms with Gasteiger partial charge in [0, 0.05) is 19.0 Å². The molecule has 1 aliphatic rings. The Morgan fingerprint density at radius 1 is 1.63 bits per heavy atom. The number of likely N-dealkylation sites (tertiary alicyclic amines) is 1. The zero-order chi connectivity index (χ0) is 14.0. The highest BCUT2D eigenvalue weighted by Crippen LogP contribution is 2.22. The van der Waals surface area contributed by atoms with Crippen LogP contribution in [-0.4, -0.2) is 35.1 Å². The van der Waals surface area contributed by atoms with Crippen molar-refractivity contribution in [2.24, 2.45) is 5.92 Å². The van der Waals surface area contributed by atoms with E-state index in [0.29, 0.717) is 17.6 Å². The minimum Gasteiger partial charge on any atom is -0.393 e. The van der Waals surface area contributed by atoms with E-state index >= 15 is 0 Å². The summed E-state index contributed by atoms with van der Waals surface area (Å²) in [5.74, 6) is -0.128. The molecule has 0 aliphatic carbocycles. The second-order valence-corrected chi connectivity index (χ2v) is 5.91. The van der Waals surface area contributed by atoms with Crippen LogP contribution in [-0.2, 0) is 11.2 Å². The van der Waals surface area contributed by atoms with Crippen LogP contribution in [0.15, 0.2) is 22.7 Å². The topological polar surface area (TPSA) is 40.5 Å². The standard InChI is InChI=1S/C14H17BrFNO2/c1-9(18)11-4-5-17(8-11)14(19)7-10-2-3-13(16)12(15)6-10/h2-3,6,9,11,18H,4-5,7-8H2,1H3. The Labute approximate surface area is 120 Å². The Bertz CT molecular complexity index is 479. The van der Waals surface area contributed by atoms with Gasteiger partial charge in [-0.15, -0.1) is 0 Å². The van der Waals surface area contributed by atoms with Crippen LogP contribution in [0.5, 0.6) is 0 Å². The van der Waals surface area contributed by atoms with Gasteiger partial charge >= 0.3 is 0 Å². The molecule has 1 aliphatic heterocycles. The molecule has 1 aromatic rings. The molecule has 0 bridgehead atoms. The fourth-order valence-corrected chi connectivity index (χ4v) is 2.77. The van der Waals surface area contributed by atoms with Crippen molar-refractivity contribution < 1.29 is 14.3 Å². The largest absolute Gasteiger partial charge is 0.393 e. The highest BCUT2D eigenvalue weighted by Gasteiger charge is 2.28. The van der Waals surface area contributed by atoms with E-state index in [0.717, 1.165) is 12.0 Å². The van der Waals surface area contributed by atoms with E-state index in [1.54, 1.807) is 24.0 Å². The zero-order valence-corrected chi connectivity index (χ0v) is 12.4. The van der Waals surface area contributed by atoms with Gasteiger partial charge < -0.3 is 10.0 Å². The van der Waals surface area contributed by atoms with E-state index in [1.807, 2.05) is 0 Å². The minimum absolute atomic E-state index is 0.0293. The molecule has 0 aromatic heterocycles. The molecular weight excluding hydrogens is 313 g/mol. The van der Waals surface area contributed by atoms with E-state index in [-0.39, 0.29) is 30.2 Å². The molecule has 1 saturated heterocycles. The van der Waals surface area contributed by atoms with Crippen molar-refractivity contribution in [1.82, 2.24) is 4.90 Å². The van der Waals surface area contributed by atoms with E-state index in [1.165, 1.54) is 6.07 Å².